The van der Waals surface area contributed by atoms with Crippen LogP contribution >= 0.6 is 0 Å². The van der Waals surface area contributed by atoms with Crippen molar-refractivity contribution in [1.82, 2.24) is 10.3 Å². The van der Waals surface area contributed by atoms with E-state index in [2.05, 4.69) is 4.98 Å². The summed E-state index contributed by atoms with van der Waals surface area (Å²) in [6.07, 6.45) is -0.781. The summed E-state index contributed by atoms with van der Waals surface area (Å²) < 4.78 is 0. The Kier molecular flexibility index (Phi) is 2.79. The number of hydrogen-bond donors (Lipinski definition) is 4. The number of amides is 4. The molecule has 0 atom stereocenters. The summed E-state index contributed by atoms with van der Waals surface area (Å²) in [6.45, 7) is 0.492. The summed E-state index contributed by atoms with van der Waals surface area (Å²) in [5, 5.41) is 11.1. The van der Waals surface area contributed by atoms with Gasteiger partial charge in [-0.3, -0.25) is 15.0 Å². The van der Waals surface area contributed by atoms with Crippen LogP contribution in [-0.2, 0) is 6.42 Å². The number of aromatic amines is 1. The molecule has 0 aliphatic carbocycles. The van der Waals surface area contributed by atoms with Gasteiger partial charge in [0.15, 0.2) is 0 Å². The monoisotopic (exact) mass is 288 g/mol. The Hall–Kier alpha value is -3.03. The lowest BCUT2D eigenvalue weighted by Gasteiger charge is -2.13. The van der Waals surface area contributed by atoms with Gasteiger partial charge in [0, 0.05) is 23.1 Å². The van der Waals surface area contributed by atoms with Crippen LogP contribution in [-0.4, -0.2) is 34.7 Å². The number of imide groups is 1. The number of anilines is 1. The number of benzene rings is 1. The van der Waals surface area contributed by atoms with E-state index in [1.165, 1.54) is 4.90 Å². The number of carbonyl (C=O) groups is 3. The molecule has 4 amide bonds. The maximum atomic E-state index is 11.7. The molecule has 2 aromatic rings. The van der Waals surface area contributed by atoms with Crippen LogP contribution in [0.5, 0.6) is 0 Å². The second kappa shape index (κ2) is 4.51. The zero-order chi connectivity index (χ0) is 15.1. The van der Waals surface area contributed by atoms with Crippen LogP contribution in [0.25, 0.3) is 10.9 Å². The lowest BCUT2D eigenvalue weighted by Crippen LogP contribution is -2.33. The fourth-order valence-corrected chi connectivity index (χ4v) is 2.63. The molecular weight excluding hydrogens is 276 g/mol. The van der Waals surface area contributed by atoms with Crippen molar-refractivity contribution in [2.45, 2.75) is 6.42 Å². The van der Waals surface area contributed by atoms with Crippen molar-refractivity contribution < 1.29 is 19.5 Å². The Balaban J connectivity index is 2.06. The van der Waals surface area contributed by atoms with Gasteiger partial charge in [0.1, 0.15) is 5.69 Å². The first kappa shape index (κ1) is 13.0. The Morgan fingerprint density at radius 1 is 1.33 bits per heavy atom. The first-order chi connectivity index (χ1) is 9.97. The molecule has 8 heteroatoms. The predicted octanol–water partition coefficient (Wildman–Crippen LogP) is 1.02. The van der Waals surface area contributed by atoms with Crippen LogP contribution in [0, 0.1) is 0 Å². The SMILES string of the molecule is NC(=O)N1CCc2c1ccc1[nH]c(C(=O)NC(=O)O)cc21. The molecule has 2 heterocycles. The number of H-pyrrole nitrogens is 1. The molecule has 1 aliphatic heterocycles. The minimum absolute atomic E-state index is 0.151. The van der Waals surface area contributed by atoms with Crippen molar-refractivity contribution in [3.8, 4) is 0 Å². The third-order valence-electron chi connectivity index (χ3n) is 3.50. The van der Waals surface area contributed by atoms with Gasteiger partial charge in [-0.05, 0) is 30.2 Å². The molecule has 21 heavy (non-hydrogen) atoms. The van der Waals surface area contributed by atoms with Gasteiger partial charge < -0.3 is 15.8 Å². The summed E-state index contributed by atoms with van der Waals surface area (Å²) in [5.41, 5.74) is 7.81. The molecular formula is C13H12N4O4. The largest absolute Gasteiger partial charge is 0.465 e. The average Bonchev–Trinajstić information content (AvgIpc) is 3.00. The fourth-order valence-electron chi connectivity index (χ4n) is 2.63. The topological polar surface area (TPSA) is 129 Å². The highest BCUT2D eigenvalue weighted by atomic mass is 16.4. The molecule has 0 bridgehead atoms. The van der Waals surface area contributed by atoms with Gasteiger partial charge in [-0.15, -0.1) is 0 Å². The third kappa shape index (κ3) is 2.06. The average molecular weight is 288 g/mol. The molecule has 1 aliphatic rings. The fraction of sp³-hybridized carbons (Fsp3) is 0.154. The zero-order valence-corrected chi connectivity index (χ0v) is 10.8. The second-order valence-corrected chi connectivity index (χ2v) is 4.71. The van der Waals surface area contributed by atoms with E-state index < -0.39 is 18.0 Å². The van der Waals surface area contributed by atoms with Crippen molar-refractivity contribution in [1.29, 1.82) is 0 Å². The van der Waals surface area contributed by atoms with Crippen LogP contribution in [0.4, 0.5) is 15.3 Å². The van der Waals surface area contributed by atoms with Crippen LogP contribution in [0.1, 0.15) is 16.1 Å². The smallest absolute Gasteiger partial charge is 0.411 e. The van der Waals surface area contributed by atoms with Crippen molar-refractivity contribution in [3.63, 3.8) is 0 Å². The van der Waals surface area contributed by atoms with E-state index in [4.69, 9.17) is 10.8 Å². The molecule has 5 N–H and O–H groups in total. The number of aromatic nitrogens is 1. The highest BCUT2D eigenvalue weighted by molar-refractivity contribution is 6.06. The van der Waals surface area contributed by atoms with Gasteiger partial charge in [0.05, 0.1) is 0 Å². The van der Waals surface area contributed by atoms with Gasteiger partial charge in [0.2, 0.25) is 0 Å². The zero-order valence-electron chi connectivity index (χ0n) is 10.8. The van der Waals surface area contributed by atoms with Crippen LogP contribution in [0.3, 0.4) is 0 Å². The molecule has 108 valence electrons. The quantitative estimate of drug-likeness (QED) is 0.624. The number of rotatable bonds is 1. The summed E-state index contributed by atoms with van der Waals surface area (Å²) in [4.78, 5) is 37.9. The normalized spacial score (nSPS) is 13.2. The number of nitrogens with zero attached hydrogens (tertiary/aromatic N) is 1. The number of hydrogen-bond acceptors (Lipinski definition) is 3. The second-order valence-electron chi connectivity index (χ2n) is 4.71. The Morgan fingerprint density at radius 2 is 2.10 bits per heavy atom. The van der Waals surface area contributed by atoms with Gasteiger partial charge in [-0.2, -0.15) is 0 Å². The van der Waals surface area contributed by atoms with Crippen LogP contribution in [0.2, 0.25) is 0 Å². The van der Waals surface area contributed by atoms with E-state index in [0.717, 1.165) is 16.6 Å². The number of urea groups is 1. The van der Waals surface area contributed by atoms with Gasteiger partial charge in [-0.25, -0.2) is 9.59 Å². The predicted molar refractivity (Wildman–Crippen MR) is 74.4 cm³/mol. The molecule has 1 aromatic heterocycles. The lowest BCUT2D eigenvalue weighted by molar-refractivity contribution is 0.0944. The van der Waals surface area contributed by atoms with Crippen molar-refractivity contribution in [3.05, 3.63) is 29.5 Å². The number of nitrogens with one attached hydrogen (secondary N) is 2. The molecule has 0 saturated carbocycles. The Bertz CT molecular complexity index is 780. The molecule has 1 aromatic carbocycles. The van der Waals surface area contributed by atoms with Crippen LogP contribution < -0.4 is 16.0 Å². The van der Waals surface area contributed by atoms with Crippen molar-refractivity contribution >= 4 is 34.6 Å². The molecule has 3 rings (SSSR count). The number of carbonyl (C=O) groups excluding carboxylic acids is 2. The molecule has 0 spiro atoms. The lowest BCUT2D eigenvalue weighted by atomic mass is 10.1. The summed E-state index contributed by atoms with van der Waals surface area (Å²) >= 11 is 0. The number of fused-ring (bicyclic) bond motifs is 3. The molecule has 0 fully saturated rings. The highest BCUT2D eigenvalue weighted by Crippen LogP contribution is 2.34. The molecule has 0 unspecified atom stereocenters. The van der Waals surface area contributed by atoms with E-state index in [9.17, 15) is 14.4 Å². The molecule has 0 radical (unpaired) electrons. The summed E-state index contributed by atoms with van der Waals surface area (Å²) in [5.74, 6) is -0.725. The van der Waals surface area contributed by atoms with Crippen molar-refractivity contribution in [2.24, 2.45) is 5.73 Å². The number of carboxylic acid groups (broad SMARTS) is 1. The maximum absolute atomic E-state index is 11.7. The highest BCUT2D eigenvalue weighted by Gasteiger charge is 2.25. The van der Waals surface area contributed by atoms with E-state index in [1.807, 2.05) is 0 Å². The van der Waals surface area contributed by atoms with E-state index in [0.29, 0.717) is 18.5 Å². The van der Waals surface area contributed by atoms with Gasteiger partial charge >= 0.3 is 12.1 Å². The number of nitrogens with two attached hydrogens (primary N) is 1. The van der Waals surface area contributed by atoms with Gasteiger partial charge in [0.25, 0.3) is 5.91 Å². The molecule has 0 saturated heterocycles. The van der Waals surface area contributed by atoms with Crippen LogP contribution in [0.15, 0.2) is 18.2 Å². The first-order valence-electron chi connectivity index (χ1n) is 6.23. The molecule has 8 nitrogen and oxygen atoms in total. The van der Waals surface area contributed by atoms with E-state index in [-0.39, 0.29) is 5.69 Å². The third-order valence-corrected chi connectivity index (χ3v) is 3.50. The Labute approximate surface area is 118 Å². The van der Waals surface area contributed by atoms with E-state index in [1.54, 1.807) is 23.5 Å². The van der Waals surface area contributed by atoms with E-state index >= 15 is 0 Å². The number of primary amides is 1. The Morgan fingerprint density at radius 3 is 2.76 bits per heavy atom. The van der Waals surface area contributed by atoms with Gasteiger partial charge in [-0.1, -0.05) is 0 Å². The minimum atomic E-state index is -1.41. The standard InChI is InChI=1S/C13H12N4O4/c14-12(19)17-4-3-6-7-5-9(11(18)16-13(20)21)15-8(7)1-2-10(6)17/h1-2,5,15H,3-4H2,(H2,14,19)(H,16,18)(H,20,21). The summed E-state index contributed by atoms with van der Waals surface area (Å²) in [7, 11) is 0. The van der Waals surface area contributed by atoms with Crippen molar-refractivity contribution in [2.75, 3.05) is 11.4 Å². The maximum Gasteiger partial charge on any atom is 0.411 e. The summed E-state index contributed by atoms with van der Waals surface area (Å²) in [6, 6.07) is 4.54. The minimum Gasteiger partial charge on any atom is -0.465 e. The first-order valence-corrected chi connectivity index (χ1v) is 6.23.